The van der Waals surface area contributed by atoms with Crippen molar-refractivity contribution < 1.29 is 19.6 Å². The number of hydrogen-bond acceptors (Lipinski definition) is 8. The van der Waals surface area contributed by atoms with Crippen LogP contribution in [0.4, 0.5) is 22.9 Å². The lowest BCUT2D eigenvalue weighted by Gasteiger charge is -2.07. The molecule has 1 heterocycles. The number of nitrogens with one attached hydrogen (secondary N) is 1. The number of amides is 1. The molecule has 1 amide bonds. The van der Waals surface area contributed by atoms with Gasteiger partial charge in [0.2, 0.25) is 0 Å². The molecule has 0 fully saturated rings. The van der Waals surface area contributed by atoms with Crippen LogP contribution in [0.15, 0.2) is 30.5 Å². The number of nitro groups is 3. The Morgan fingerprint density at radius 1 is 0.920 bits per heavy atom. The molecule has 12 nitrogen and oxygen atoms in total. The highest BCUT2D eigenvalue weighted by molar-refractivity contribution is 6.05. The van der Waals surface area contributed by atoms with Crippen molar-refractivity contribution in [2.75, 3.05) is 5.32 Å². The van der Waals surface area contributed by atoms with Crippen molar-refractivity contribution in [2.45, 2.75) is 6.92 Å². The number of nitrogens with zero attached hydrogens (tertiary/aromatic N) is 4. The van der Waals surface area contributed by atoms with Crippen molar-refractivity contribution in [3.8, 4) is 0 Å². The minimum absolute atomic E-state index is 0.00948. The van der Waals surface area contributed by atoms with Crippen molar-refractivity contribution >= 4 is 28.8 Å². The summed E-state index contributed by atoms with van der Waals surface area (Å²) in [6, 6.07) is 3.66. The van der Waals surface area contributed by atoms with Gasteiger partial charge in [-0.1, -0.05) is 0 Å². The summed E-state index contributed by atoms with van der Waals surface area (Å²) in [5.74, 6) is -0.888. The maximum absolute atomic E-state index is 12.2. The van der Waals surface area contributed by atoms with Crippen LogP contribution in [0.5, 0.6) is 0 Å². The van der Waals surface area contributed by atoms with Gasteiger partial charge in [0.25, 0.3) is 23.0 Å². The van der Waals surface area contributed by atoms with Gasteiger partial charge in [-0.05, 0) is 12.5 Å². The highest BCUT2D eigenvalue weighted by Crippen LogP contribution is 2.24. The van der Waals surface area contributed by atoms with Crippen molar-refractivity contribution in [3.63, 3.8) is 0 Å². The third-order valence-electron chi connectivity index (χ3n) is 3.09. The second kappa shape index (κ2) is 6.66. The van der Waals surface area contributed by atoms with Gasteiger partial charge in [0.1, 0.15) is 12.0 Å². The average Bonchev–Trinajstić information content (AvgIpc) is 2.55. The van der Waals surface area contributed by atoms with Gasteiger partial charge in [0, 0.05) is 18.2 Å². The number of carbonyl (C=O) groups is 1. The van der Waals surface area contributed by atoms with E-state index in [2.05, 4.69) is 10.3 Å². The predicted molar refractivity (Wildman–Crippen MR) is 83.3 cm³/mol. The zero-order valence-corrected chi connectivity index (χ0v) is 12.5. The fraction of sp³-hybridized carbons (Fsp3) is 0.0769. The van der Waals surface area contributed by atoms with E-state index in [1.165, 1.54) is 13.0 Å². The van der Waals surface area contributed by atoms with Crippen molar-refractivity contribution in [3.05, 3.63) is 71.9 Å². The lowest BCUT2D eigenvalue weighted by molar-refractivity contribution is -0.394. The molecule has 1 aromatic heterocycles. The molecule has 1 N–H and O–H groups in total. The Kier molecular flexibility index (Phi) is 4.63. The summed E-state index contributed by atoms with van der Waals surface area (Å²) in [5.41, 5.74) is -1.55. The van der Waals surface area contributed by atoms with E-state index in [0.29, 0.717) is 0 Å². The summed E-state index contributed by atoms with van der Waals surface area (Å²) in [6.45, 7) is 1.46. The topological polar surface area (TPSA) is 171 Å². The number of nitro benzene ring substituents is 2. The number of aromatic nitrogens is 1. The van der Waals surface area contributed by atoms with Gasteiger partial charge < -0.3 is 5.32 Å². The van der Waals surface area contributed by atoms with Crippen molar-refractivity contribution in [1.29, 1.82) is 0 Å². The maximum Gasteiger partial charge on any atom is 0.287 e. The fourth-order valence-electron chi connectivity index (χ4n) is 1.91. The molecule has 0 atom stereocenters. The van der Waals surface area contributed by atoms with Gasteiger partial charge in [-0.15, -0.1) is 0 Å². The quantitative estimate of drug-likeness (QED) is 0.634. The van der Waals surface area contributed by atoms with Crippen LogP contribution >= 0.6 is 0 Å². The van der Waals surface area contributed by atoms with Crippen LogP contribution in [-0.2, 0) is 0 Å². The smallest absolute Gasteiger partial charge is 0.287 e. The summed E-state index contributed by atoms with van der Waals surface area (Å²) < 4.78 is 0. The van der Waals surface area contributed by atoms with Crippen LogP contribution in [0, 0.1) is 37.3 Å². The minimum Gasteiger partial charge on any atom is -0.306 e. The zero-order chi connectivity index (χ0) is 18.7. The van der Waals surface area contributed by atoms with Gasteiger partial charge in [-0.3, -0.25) is 35.1 Å². The monoisotopic (exact) mass is 347 g/mol. The van der Waals surface area contributed by atoms with E-state index in [-0.39, 0.29) is 22.6 Å². The number of benzene rings is 1. The molecule has 0 aliphatic rings. The number of hydrogen-bond donors (Lipinski definition) is 1. The molecular formula is C13H9N5O7. The first-order chi connectivity index (χ1) is 11.7. The summed E-state index contributed by atoms with van der Waals surface area (Å²) in [7, 11) is 0. The number of rotatable bonds is 5. The number of non-ortho nitro benzene ring substituents is 2. The molecule has 2 aromatic rings. The molecule has 2 rings (SSSR count). The normalized spacial score (nSPS) is 10.1. The summed E-state index contributed by atoms with van der Waals surface area (Å²) in [4.78, 5) is 45.9. The fourth-order valence-corrected chi connectivity index (χ4v) is 1.91. The molecule has 128 valence electrons. The molecule has 12 heteroatoms. The van der Waals surface area contributed by atoms with Gasteiger partial charge in [0.15, 0.2) is 0 Å². The van der Waals surface area contributed by atoms with E-state index >= 15 is 0 Å². The zero-order valence-electron chi connectivity index (χ0n) is 12.5. The minimum atomic E-state index is -0.878. The van der Waals surface area contributed by atoms with Crippen molar-refractivity contribution in [1.82, 2.24) is 4.98 Å². The van der Waals surface area contributed by atoms with Gasteiger partial charge in [-0.2, -0.15) is 0 Å². The summed E-state index contributed by atoms with van der Waals surface area (Å²) >= 11 is 0. The number of pyridine rings is 1. The third kappa shape index (κ3) is 3.87. The van der Waals surface area contributed by atoms with Gasteiger partial charge >= 0.3 is 0 Å². The Morgan fingerprint density at radius 3 is 1.88 bits per heavy atom. The van der Waals surface area contributed by atoms with Crippen LogP contribution in [0.3, 0.4) is 0 Å². The first kappa shape index (κ1) is 17.4. The molecule has 25 heavy (non-hydrogen) atoms. The highest BCUT2D eigenvalue weighted by atomic mass is 16.6. The molecule has 0 aliphatic carbocycles. The number of carbonyl (C=O) groups excluding carboxylic acids is 1. The van der Waals surface area contributed by atoms with Crippen LogP contribution in [0.25, 0.3) is 0 Å². The Bertz CT molecular complexity index is 879. The first-order valence-corrected chi connectivity index (χ1v) is 6.55. The largest absolute Gasteiger partial charge is 0.306 e. The molecule has 0 saturated carbocycles. The Balaban J connectivity index is 2.36. The third-order valence-corrected chi connectivity index (χ3v) is 3.09. The molecule has 0 aliphatic heterocycles. The number of aryl methyl sites for hydroxylation is 1. The van der Waals surface area contributed by atoms with Crippen LogP contribution in [0.2, 0.25) is 0 Å². The Labute approximate surface area is 138 Å². The molecular weight excluding hydrogens is 338 g/mol. The maximum atomic E-state index is 12.2. The van der Waals surface area contributed by atoms with Crippen LogP contribution in [-0.4, -0.2) is 25.7 Å². The number of anilines is 1. The van der Waals surface area contributed by atoms with E-state index in [9.17, 15) is 35.1 Å². The summed E-state index contributed by atoms with van der Waals surface area (Å²) in [5, 5.41) is 34.6. The molecule has 0 bridgehead atoms. The van der Waals surface area contributed by atoms with E-state index < -0.39 is 32.1 Å². The standard InChI is InChI=1S/C13H9N5O7/c1-7-2-11(18(24)25)6-14-12(7)15-13(19)8-3-9(16(20)21)5-10(4-8)17(22)23/h2-6H,1H3,(H,14,15,19). The lowest BCUT2D eigenvalue weighted by atomic mass is 10.1. The lowest BCUT2D eigenvalue weighted by Crippen LogP contribution is -2.14. The second-order valence-corrected chi connectivity index (χ2v) is 4.82. The first-order valence-electron chi connectivity index (χ1n) is 6.55. The average molecular weight is 347 g/mol. The SMILES string of the molecule is Cc1cc([N+](=O)[O-])cnc1NC(=O)c1cc([N+](=O)[O-])cc([N+](=O)[O-])c1. The Morgan fingerprint density at radius 2 is 1.44 bits per heavy atom. The predicted octanol–water partition coefficient (Wildman–Crippen LogP) is 2.37. The van der Waals surface area contributed by atoms with E-state index in [0.717, 1.165) is 24.4 Å². The van der Waals surface area contributed by atoms with E-state index in [1.807, 2.05) is 0 Å². The molecule has 0 spiro atoms. The highest BCUT2D eigenvalue weighted by Gasteiger charge is 2.21. The van der Waals surface area contributed by atoms with Crippen LogP contribution < -0.4 is 5.32 Å². The Hall–Kier alpha value is -3.96. The van der Waals surface area contributed by atoms with Gasteiger partial charge in [-0.25, -0.2) is 4.98 Å². The summed E-state index contributed by atoms with van der Waals surface area (Å²) in [6.07, 6.45) is 0.929. The molecule has 0 unspecified atom stereocenters. The van der Waals surface area contributed by atoms with Gasteiger partial charge in [0.05, 0.1) is 26.4 Å². The van der Waals surface area contributed by atoms with Crippen molar-refractivity contribution in [2.24, 2.45) is 0 Å². The van der Waals surface area contributed by atoms with E-state index in [1.54, 1.807) is 0 Å². The van der Waals surface area contributed by atoms with E-state index in [4.69, 9.17) is 0 Å². The molecule has 0 saturated heterocycles. The molecule has 1 aromatic carbocycles. The molecule has 0 radical (unpaired) electrons. The second-order valence-electron chi connectivity index (χ2n) is 4.82. The van der Waals surface area contributed by atoms with Crippen LogP contribution in [0.1, 0.15) is 15.9 Å².